The van der Waals surface area contributed by atoms with Crippen LogP contribution in [0.2, 0.25) is 0 Å². The average Bonchev–Trinajstić information content (AvgIpc) is 3.15. The summed E-state index contributed by atoms with van der Waals surface area (Å²) in [5.74, 6) is 0.829. The standard InChI is InChI=1S/C17H17N5O3/c1-24-14-5-3-13(4-6-14)22-10-9-12(21-22)11-18-16-8-7-15(19-20-16)17(23)25-2/h3-10H,11H2,1-2H3,(H,18,20). The molecule has 25 heavy (non-hydrogen) atoms. The van der Waals surface area contributed by atoms with E-state index in [9.17, 15) is 4.79 Å². The molecule has 0 aliphatic rings. The highest BCUT2D eigenvalue weighted by atomic mass is 16.5. The Morgan fingerprint density at radius 1 is 1.08 bits per heavy atom. The predicted molar refractivity (Wildman–Crippen MR) is 90.8 cm³/mol. The molecule has 0 unspecified atom stereocenters. The number of methoxy groups -OCH3 is 2. The molecule has 0 spiro atoms. The van der Waals surface area contributed by atoms with Crippen molar-refractivity contribution in [3.63, 3.8) is 0 Å². The summed E-state index contributed by atoms with van der Waals surface area (Å²) < 4.78 is 11.5. The number of nitrogens with zero attached hydrogens (tertiary/aromatic N) is 4. The summed E-state index contributed by atoms with van der Waals surface area (Å²) in [6, 6.07) is 12.8. The molecule has 0 saturated heterocycles. The largest absolute Gasteiger partial charge is 0.497 e. The fraction of sp³-hybridized carbons (Fsp3) is 0.176. The van der Waals surface area contributed by atoms with Crippen molar-refractivity contribution in [1.82, 2.24) is 20.0 Å². The van der Waals surface area contributed by atoms with Crippen molar-refractivity contribution < 1.29 is 14.3 Å². The summed E-state index contributed by atoms with van der Waals surface area (Å²) in [5.41, 5.74) is 1.95. The maximum absolute atomic E-state index is 11.3. The molecule has 0 saturated carbocycles. The van der Waals surface area contributed by atoms with Gasteiger partial charge in [0.05, 0.1) is 32.1 Å². The number of benzene rings is 1. The molecule has 8 heteroatoms. The van der Waals surface area contributed by atoms with Crippen LogP contribution in [0.4, 0.5) is 5.82 Å². The van der Waals surface area contributed by atoms with Crippen molar-refractivity contribution in [2.24, 2.45) is 0 Å². The third-order valence-electron chi connectivity index (χ3n) is 3.49. The molecular formula is C17H17N5O3. The topological polar surface area (TPSA) is 91.2 Å². The van der Waals surface area contributed by atoms with Gasteiger partial charge in [0.2, 0.25) is 0 Å². The Kier molecular flexibility index (Phi) is 4.89. The van der Waals surface area contributed by atoms with E-state index in [-0.39, 0.29) is 5.69 Å². The van der Waals surface area contributed by atoms with E-state index in [1.807, 2.05) is 36.5 Å². The zero-order chi connectivity index (χ0) is 17.6. The van der Waals surface area contributed by atoms with Gasteiger partial charge < -0.3 is 14.8 Å². The predicted octanol–water partition coefficient (Wildman–Crippen LogP) is 2.07. The molecule has 1 N–H and O–H groups in total. The summed E-state index contributed by atoms with van der Waals surface area (Å²) in [5, 5.41) is 15.4. The normalized spacial score (nSPS) is 10.3. The highest BCUT2D eigenvalue weighted by Crippen LogP contribution is 2.15. The van der Waals surface area contributed by atoms with Crippen LogP contribution in [0.5, 0.6) is 5.75 Å². The van der Waals surface area contributed by atoms with Gasteiger partial charge in [-0.3, -0.25) is 0 Å². The van der Waals surface area contributed by atoms with Crippen LogP contribution in [0, 0.1) is 0 Å². The lowest BCUT2D eigenvalue weighted by Gasteiger charge is -2.04. The number of rotatable bonds is 6. The number of esters is 1. The Hall–Kier alpha value is -3.42. The summed E-state index contributed by atoms with van der Waals surface area (Å²) in [6.45, 7) is 0.482. The van der Waals surface area contributed by atoms with Gasteiger partial charge in [-0.25, -0.2) is 9.48 Å². The number of ether oxygens (including phenoxy) is 2. The molecule has 3 rings (SSSR count). The SMILES string of the molecule is COC(=O)c1ccc(NCc2ccn(-c3ccc(OC)cc3)n2)nn1. The molecule has 2 aromatic heterocycles. The van der Waals surface area contributed by atoms with Crippen molar-refractivity contribution in [2.75, 3.05) is 19.5 Å². The fourth-order valence-electron chi connectivity index (χ4n) is 2.16. The molecule has 0 aliphatic heterocycles. The number of nitrogens with one attached hydrogen (secondary N) is 1. The van der Waals surface area contributed by atoms with Crippen LogP contribution < -0.4 is 10.1 Å². The van der Waals surface area contributed by atoms with Crippen LogP contribution >= 0.6 is 0 Å². The van der Waals surface area contributed by atoms with Crippen LogP contribution in [0.15, 0.2) is 48.7 Å². The van der Waals surface area contributed by atoms with Gasteiger partial charge in [-0.05, 0) is 42.5 Å². The molecule has 0 atom stereocenters. The lowest BCUT2D eigenvalue weighted by molar-refractivity contribution is 0.0593. The van der Waals surface area contributed by atoms with Crippen molar-refractivity contribution in [2.45, 2.75) is 6.54 Å². The Balaban J connectivity index is 1.62. The monoisotopic (exact) mass is 339 g/mol. The molecule has 0 fully saturated rings. The quantitative estimate of drug-likeness (QED) is 0.687. The number of aromatic nitrogens is 4. The van der Waals surface area contributed by atoms with E-state index in [1.54, 1.807) is 23.9 Å². The summed E-state index contributed by atoms with van der Waals surface area (Å²) >= 11 is 0. The minimum absolute atomic E-state index is 0.164. The van der Waals surface area contributed by atoms with Crippen LogP contribution in [0.25, 0.3) is 5.69 Å². The van der Waals surface area contributed by atoms with E-state index < -0.39 is 5.97 Å². The van der Waals surface area contributed by atoms with Gasteiger partial charge in [0, 0.05) is 6.20 Å². The second-order valence-corrected chi connectivity index (χ2v) is 5.10. The molecule has 8 nitrogen and oxygen atoms in total. The van der Waals surface area contributed by atoms with E-state index >= 15 is 0 Å². The minimum atomic E-state index is -0.516. The summed E-state index contributed by atoms with van der Waals surface area (Å²) in [6.07, 6.45) is 1.88. The van der Waals surface area contributed by atoms with Gasteiger partial charge in [0.25, 0.3) is 0 Å². The number of anilines is 1. The van der Waals surface area contributed by atoms with E-state index in [0.29, 0.717) is 12.4 Å². The number of hydrogen-bond donors (Lipinski definition) is 1. The molecule has 0 radical (unpaired) electrons. The first kappa shape index (κ1) is 16.4. The van der Waals surface area contributed by atoms with Gasteiger partial charge in [0.15, 0.2) is 5.69 Å². The smallest absolute Gasteiger partial charge is 0.358 e. The third-order valence-corrected chi connectivity index (χ3v) is 3.49. The molecule has 3 aromatic rings. The second-order valence-electron chi connectivity index (χ2n) is 5.10. The number of hydrogen-bond acceptors (Lipinski definition) is 7. The van der Waals surface area contributed by atoms with Crippen LogP contribution in [0.3, 0.4) is 0 Å². The zero-order valence-electron chi connectivity index (χ0n) is 13.8. The molecule has 0 amide bonds. The van der Waals surface area contributed by atoms with E-state index in [4.69, 9.17) is 4.74 Å². The van der Waals surface area contributed by atoms with Gasteiger partial charge >= 0.3 is 5.97 Å². The fourth-order valence-corrected chi connectivity index (χ4v) is 2.16. The lowest BCUT2D eigenvalue weighted by Crippen LogP contribution is -2.08. The average molecular weight is 339 g/mol. The Morgan fingerprint density at radius 3 is 2.52 bits per heavy atom. The molecule has 0 bridgehead atoms. The van der Waals surface area contributed by atoms with Crippen LogP contribution in [-0.2, 0) is 11.3 Å². The first-order valence-corrected chi connectivity index (χ1v) is 7.54. The highest BCUT2D eigenvalue weighted by molar-refractivity contribution is 5.86. The number of carbonyl (C=O) groups excluding carboxylic acids is 1. The molecule has 128 valence electrons. The zero-order valence-corrected chi connectivity index (χ0v) is 13.8. The Bertz CT molecular complexity index is 843. The van der Waals surface area contributed by atoms with E-state index in [1.165, 1.54) is 7.11 Å². The highest BCUT2D eigenvalue weighted by Gasteiger charge is 2.08. The Morgan fingerprint density at radius 2 is 1.88 bits per heavy atom. The van der Waals surface area contributed by atoms with Gasteiger partial charge in [-0.2, -0.15) is 5.10 Å². The molecule has 2 heterocycles. The third kappa shape index (κ3) is 3.92. The van der Waals surface area contributed by atoms with E-state index in [2.05, 4.69) is 25.3 Å². The van der Waals surface area contributed by atoms with Crippen molar-refractivity contribution >= 4 is 11.8 Å². The summed E-state index contributed by atoms with van der Waals surface area (Å²) in [4.78, 5) is 11.3. The number of carbonyl (C=O) groups is 1. The molecule has 1 aromatic carbocycles. The van der Waals surface area contributed by atoms with Gasteiger partial charge in [-0.1, -0.05) is 0 Å². The van der Waals surface area contributed by atoms with E-state index in [0.717, 1.165) is 17.1 Å². The van der Waals surface area contributed by atoms with Crippen molar-refractivity contribution in [1.29, 1.82) is 0 Å². The van der Waals surface area contributed by atoms with Crippen molar-refractivity contribution in [3.05, 3.63) is 60.0 Å². The molecular weight excluding hydrogens is 322 g/mol. The molecule has 0 aliphatic carbocycles. The lowest BCUT2D eigenvalue weighted by atomic mass is 10.3. The van der Waals surface area contributed by atoms with Crippen molar-refractivity contribution in [3.8, 4) is 11.4 Å². The Labute approximate surface area is 144 Å². The minimum Gasteiger partial charge on any atom is -0.497 e. The summed E-state index contributed by atoms with van der Waals surface area (Å²) in [7, 11) is 2.93. The van der Waals surface area contributed by atoms with Gasteiger partial charge in [-0.15, -0.1) is 10.2 Å². The first-order valence-electron chi connectivity index (χ1n) is 7.54. The van der Waals surface area contributed by atoms with Crippen LogP contribution in [-0.4, -0.2) is 40.2 Å². The first-order chi connectivity index (χ1) is 12.2. The maximum atomic E-state index is 11.3. The van der Waals surface area contributed by atoms with Crippen LogP contribution in [0.1, 0.15) is 16.2 Å². The van der Waals surface area contributed by atoms with Gasteiger partial charge in [0.1, 0.15) is 11.6 Å². The second kappa shape index (κ2) is 7.43. The maximum Gasteiger partial charge on any atom is 0.358 e.